The van der Waals surface area contributed by atoms with Gasteiger partial charge in [0.05, 0.1) is 6.04 Å². The topological polar surface area (TPSA) is 55.1 Å². The van der Waals surface area contributed by atoms with Crippen LogP contribution < -0.4 is 11.1 Å². The molecular weight excluding hydrogens is 207 g/mol. The zero-order chi connectivity index (χ0) is 12.1. The van der Waals surface area contributed by atoms with Gasteiger partial charge in [-0.1, -0.05) is 19.1 Å². The van der Waals surface area contributed by atoms with Crippen molar-refractivity contribution in [2.24, 2.45) is 5.73 Å². The molecule has 0 saturated carbocycles. The summed E-state index contributed by atoms with van der Waals surface area (Å²) in [5, 5.41) is 3.07. The number of hydrogen-bond acceptors (Lipinski definition) is 2. The highest BCUT2D eigenvalue weighted by atomic mass is 19.1. The zero-order valence-electron chi connectivity index (χ0n) is 9.53. The first-order chi connectivity index (χ1) is 7.54. The molecule has 0 aromatic heterocycles. The van der Waals surface area contributed by atoms with E-state index in [4.69, 9.17) is 5.73 Å². The van der Waals surface area contributed by atoms with Crippen LogP contribution in [0.1, 0.15) is 31.9 Å². The minimum Gasteiger partial charge on any atom is -0.368 e. The SMILES string of the molecule is CCC(N[C@H](C)c1cccc(F)c1)C(N)=O. The fourth-order valence-electron chi connectivity index (χ4n) is 1.58. The van der Waals surface area contributed by atoms with Crippen LogP contribution in [0, 0.1) is 5.82 Å². The summed E-state index contributed by atoms with van der Waals surface area (Å²) >= 11 is 0. The van der Waals surface area contributed by atoms with Gasteiger partial charge in [0.2, 0.25) is 5.91 Å². The Labute approximate surface area is 94.8 Å². The number of carbonyl (C=O) groups is 1. The maximum absolute atomic E-state index is 13.0. The maximum atomic E-state index is 13.0. The fourth-order valence-corrected chi connectivity index (χ4v) is 1.58. The zero-order valence-corrected chi connectivity index (χ0v) is 9.53. The van der Waals surface area contributed by atoms with E-state index in [1.165, 1.54) is 12.1 Å². The van der Waals surface area contributed by atoms with Crippen molar-refractivity contribution in [2.45, 2.75) is 32.4 Å². The number of carbonyl (C=O) groups excluding carboxylic acids is 1. The number of rotatable bonds is 5. The number of nitrogens with two attached hydrogens (primary N) is 1. The predicted octanol–water partition coefficient (Wildman–Crippen LogP) is 1.74. The van der Waals surface area contributed by atoms with Crippen LogP contribution in [0.4, 0.5) is 4.39 Å². The first kappa shape index (κ1) is 12.6. The van der Waals surface area contributed by atoms with Gasteiger partial charge in [0.25, 0.3) is 0 Å². The van der Waals surface area contributed by atoms with Crippen LogP contribution in [0.5, 0.6) is 0 Å². The Morgan fingerprint density at radius 3 is 2.75 bits per heavy atom. The van der Waals surface area contributed by atoms with Crippen LogP contribution >= 0.6 is 0 Å². The molecule has 4 heteroatoms. The number of amides is 1. The van der Waals surface area contributed by atoms with Crippen molar-refractivity contribution >= 4 is 5.91 Å². The summed E-state index contributed by atoms with van der Waals surface area (Å²) in [6, 6.07) is 5.82. The van der Waals surface area contributed by atoms with E-state index in [0.717, 1.165) is 5.56 Å². The number of halogens is 1. The van der Waals surface area contributed by atoms with Crippen LogP contribution in [-0.2, 0) is 4.79 Å². The van der Waals surface area contributed by atoms with Gasteiger partial charge in [-0.3, -0.25) is 10.1 Å². The third-order valence-electron chi connectivity index (χ3n) is 2.55. The molecule has 16 heavy (non-hydrogen) atoms. The summed E-state index contributed by atoms with van der Waals surface area (Å²) < 4.78 is 13.0. The molecule has 0 aliphatic heterocycles. The molecule has 1 aromatic carbocycles. The third kappa shape index (κ3) is 3.31. The van der Waals surface area contributed by atoms with Crippen molar-refractivity contribution < 1.29 is 9.18 Å². The Morgan fingerprint density at radius 1 is 1.56 bits per heavy atom. The Morgan fingerprint density at radius 2 is 2.25 bits per heavy atom. The van der Waals surface area contributed by atoms with Crippen molar-refractivity contribution in [3.05, 3.63) is 35.6 Å². The Balaban J connectivity index is 2.71. The lowest BCUT2D eigenvalue weighted by atomic mass is 10.1. The largest absolute Gasteiger partial charge is 0.368 e. The highest BCUT2D eigenvalue weighted by Gasteiger charge is 2.16. The molecule has 0 radical (unpaired) electrons. The van der Waals surface area contributed by atoms with Crippen LogP contribution in [-0.4, -0.2) is 11.9 Å². The molecule has 1 unspecified atom stereocenters. The van der Waals surface area contributed by atoms with Crippen LogP contribution in [0.3, 0.4) is 0 Å². The van der Waals surface area contributed by atoms with Gasteiger partial charge in [-0.2, -0.15) is 0 Å². The van der Waals surface area contributed by atoms with Gasteiger partial charge < -0.3 is 5.73 Å². The molecular formula is C12H17FN2O. The fraction of sp³-hybridized carbons (Fsp3) is 0.417. The second-order valence-corrected chi connectivity index (χ2v) is 3.81. The van der Waals surface area contributed by atoms with E-state index >= 15 is 0 Å². The Hall–Kier alpha value is -1.42. The molecule has 1 amide bonds. The van der Waals surface area contributed by atoms with Crippen LogP contribution in [0.2, 0.25) is 0 Å². The summed E-state index contributed by atoms with van der Waals surface area (Å²) in [7, 11) is 0. The maximum Gasteiger partial charge on any atom is 0.234 e. The lowest BCUT2D eigenvalue weighted by Crippen LogP contribution is -2.41. The second kappa shape index (κ2) is 5.61. The minimum atomic E-state index is -0.384. The van der Waals surface area contributed by atoms with Gasteiger partial charge in [0, 0.05) is 6.04 Å². The Kier molecular flexibility index (Phi) is 4.43. The molecule has 2 atom stereocenters. The average Bonchev–Trinajstić information content (AvgIpc) is 2.25. The third-order valence-corrected chi connectivity index (χ3v) is 2.55. The molecule has 0 bridgehead atoms. The van der Waals surface area contributed by atoms with Gasteiger partial charge in [0.15, 0.2) is 0 Å². The van der Waals surface area contributed by atoms with E-state index in [0.29, 0.717) is 6.42 Å². The standard InChI is InChI=1S/C12H17FN2O/c1-3-11(12(14)16)15-8(2)9-5-4-6-10(13)7-9/h4-8,11,15H,3H2,1-2H3,(H2,14,16)/t8-,11?/m1/s1. The van der Waals surface area contributed by atoms with E-state index < -0.39 is 0 Å². The van der Waals surface area contributed by atoms with E-state index in [1.54, 1.807) is 6.07 Å². The molecule has 3 N–H and O–H groups in total. The molecule has 0 spiro atoms. The van der Waals surface area contributed by atoms with Crippen molar-refractivity contribution in [1.29, 1.82) is 0 Å². The van der Waals surface area contributed by atoms with Crippen molar-refractivity contribution in [1.82, 2.24) is 5.32 Å². The summed E-state index contributed by atoms with van der Waals surface area (Å²) in [6.45, 7) is 3.75. The molecule has 0 saturated heterocycles. The Bertz CT molecular complexity index is 368. The quantitative estimate of drug-likeness (QED) is 0.800. The van der Waals surface area contributed by atoms with Gasteiger partial charge in [0.1, 0.15) is 5.82 Å². The van der Waals surface area contributed by atoms with Crippen LogP contribution in [0.15, 0.2) is 24.3 Å². The lowest BCUT2D eigenvalue weighted by molar-refractivity contribution is -0.120. The van der Waals surface area contributed by atoms with Gasteiger partial charge >= 0.3 is 0 Å². The molecule has 0 aliphatic carbocycles. The number of benzene rings is 1. The summed E-state index contributed by atoms with van der Waals surface area (Å²) in [5.41, 5.74) is 6.03. The second-order valence-electron chi connectivity index (χ2n) is 3.81. The summed E-state index contributed by atoms with van der Waals surface area (Å²) in [6.07, 6.45) is 0.620. The van der Waals surface area contributed by atoms with Gasteiger partial charge in [-0.25, -0.2) is 4.39 Å². The number of nitrogens with one attached hydrogen (secondary N) is 1. The van der Waals surface area contributed by atoms with E-state index in [1.807, 2.05) is 19.9 Å². The van der Waals surface area contributed by atoms with Crippen molar-refractivity contribution in [2.75, 3.05) is 0 Å². The predicted molar refractivity (Wildman–Crippen MR) is 61.2 cm³/mol. The monoisotopic (exact) mass is 224 g/mol. The first-order valence-corrected chi connectivity index (χ1v) is 5.35. The van der Waals surface area contributed by atoms with Gasteiger partial charge in [-0.15, -0.1) is 0 Å². The van der Waals surface area contributed by atoms with Crippen molar-refractivity contribution in [3.63, 3.8) is 0 Å². The molecule has 3 nitrogen and oxygen atoms in total. The summed E-state index contributed by atoms with van der Waals surface area (Å²) in [5.74, 6) is -0.663. The van der Waals surface area contributed by atoms with Crippen LogP contribution in [0.25, 0.3) is 0 Å². The molecule has 0 aliphatic rings. The van der Waals surface area contributed by atoms with E-state index in [9.17, 15) is 9.18 Å². The molecule has 88 valence electrons. The highest BCUT2D eigenvalue weighted by molar-refractivity contribution is 5.79. The number of hydrogen-bond donors (Lipinski definition) is 2. The molecule has 0 heterocycles. The van der Waals surface area contributed by atoms with Gasteiger partial charge in [-0.05, 0) is 31.0 Å². The normalized spacial score (nSPS) is 14.4. The molecule has 1 rings (SSSR count). The minimum absolute atomic E-state index is 0.104. The van der Waals surface area contributed by atoms with E-state index in [2.05, 4.69) is 5.32 Å². The lowest BCUT2D eigenvalue weighted by Gasteiger charge is -2.20. The molecule has 0 fully saturated rings. The summed E-state index contributed by atoms with van der Waals surface area (Å²) in [4.78, 5) is 11.0. The average molecular weight is 224 g/mol. The smallest absolute Gasteiger partial charge is 0.234 e. The van der Waals surface area contributed by atoms with E-state index in [-0.39, 0.29) is 23.8 Å². The first-order valence-electron chi connectivity index (χ1n) is 5.35. The highest BCUT2D eigenvalue weighted by Crippen LogP contribution is 2.14. The molecule has 1 aromatic rings. The van der Waals surface area contributed by atoms with Crippen molar-refractivity contribution in [3.8, 4) is 0 Å². The number of primary amides is 1.